The Morgan fingerprint density at radius 2 is 0.796 bits per heavy atom. The van der Waals surface area contributed by atoms with Gasteiger partial charge in [-0.05, 0) is 124 Å². The zero-order chi connectivity index (χ0) is 73.2. The van der Waals surface area contributed by atoms with Crippen LogP contribution < -0.4 is 21.2 Å². The number of ether oxygens (including phenoxy) is 4. The van der Waals surface area contributed by atoms with Gasteiger partial charge in [0.1, 0.15) is 11.5 Å². The SMILES string of the molecule is C.C.C.C1CSCCO1.CC(C)(C)c1ccc([I-]c2ccc(C(C)(C)C)cc2)cc1.CC(C)(C)c1ccc([S+]2CCOCC2)cc1.CC(F)(F)C(=O)OCC12CC3CC(CC(O)(C3)C1)C2.CC(F)(F)C(=O)OCC12CC3CC(CC(O)(C3)C1)C2.O=C=O.O=C=O.[Cu+2].[c-]1ccccc1.[c-]1ccccc1. The molecule has 8 bridgehead atoms. The quantitative estimate of drug-likeness (QED) is 0.0356. The van der Waals surface area contributed by atoms with Crippen molar-refractivity contribution in [3.63, 3.8) is 0 Å². The van der Waals surface area contributed by atoms with Crippen LogP contribution in [0.4, 0.5) is 17.6 Å². The van der Waals surface area contributed by atoms with Crippen molar-refractivity contribution in [1.29, 1.82) is 0 Å². The zero-order valence-electron chi connectivity index (χ0n) is 60.1. The number of carbonyl (C=O) groups excluding carboxylic acids is 6. The van der Waals surface area contributed by atoms with Crippen LogP contribution in [-0.2, 0) is 91.9 Å². The van der Waals surface area contributed by atoms with Crippen molar-refractivity contribution < 1.29 is 114 Å². The maximum Gasteiger partial charge on any atom is 2.00 e. The third-order valence-corrected chi connectivity index (χ3v) is 24.5. The first-order valence-corrected chi connectivity index (χ1v) is 39.1. The Morgan fingerprint density at radius 1 is 0.505 bits per heavy atom. The normalized spacial score (nSPS) is 24.4. The molecule has 579 valence electrons. The third-order valence-electron chi connectivity index (χ3n) is 18.6. The molecule has 15 rings (SSSR count). The van der Waals surface area contributed by atoms with Crippen LogP contribution in [0, 0.1) is 53.8 Å². The van der Waals surface area contributed by atoms with Crippen molar-refractivity contribution in [3.05, 3.63) is 169 Å². The van der Waals surface area contributed by atoms with E-state index < -0.39 is 35.0 Å². The zero-order valence-corrected chi connectivity index (χ0v) is 64.8. The number of aliphatic hydroxyl groups is 2. The van der Waals surface area contributed by atoms with Crippen molar-refractivity contribution in [2.75, 3.05) is 62.7 Å². The summed E-state index contributed by atoms with van der Waals surface area (Å²) in [7, 11) is 0.432. The van der Waals surface area contributed by atoms with Crippen molar-refractivity contribution in [1.82, 2.24) is 0 Å². The van der Waals surface area contributed by atoms with Gasteiger partial charge in [-0.25, -0.2) is 9.59 Å². The Labute approximate surface area is 642 Å². The molecule has 2 N–H and O–H groups in total. The van der Waals surface area contributed by atoms with Gasteiger partial charge in [0.2, 0.25) is 0 Å². The van der Waals surface area contributed by atoms with E-state index in [0.717, 1.165) is 90.6 Å². The number of hydrogen-bond donors (Lipinski definition) is 2. The first-order chi connectivity index (χ1) is 46.5. The number of carbonyl (C=O) groups is 2. The van der Waals surface area contributed by atoms with Crippen LogP contribution in [0.25, 0.3) is 0 Å². The molecule has 0 aromatic heterocycles. The molecule has 2 saturated heterocycles. The molecular formula is C83H117CuF4IO12S2. The number of benzene rings is 5. The minimum atomic E-state index is -3.43. The van der Waals surface area contributed by atoms with Gasteiger partial charge < -0.3 is 29.2 Å². The molecule has 10 aliphatic rings. The number of rotatable bonds is 9. The second-order valence-corrected chi connectivity index (χ2v) is 37.3. The number of hydrogen-bond acceptors (Lipinski definition) is 13. The maximum absolute atomic E-state index is 12.8. The molecule has 12 nitrogen and oxygen atoms in total. The van der Waals surface area contributed by atoms with Crippen LogP contribution in [0.3, 0.4) is 0 Å². The third kappa shape index (κ3) is 34.0. The van der Waals surface area contributed by atoms with E-state index in [9.17, 15) is 37.4 Å². The number of esters is 2. The molecule has 4 atom stereocenters. The molecule has 103 heavy (non-hydrogen) atoms. The summed E-state index contributed by atoms with van der Waals surface area (Å²) in [5, 5.41) is 21.0. The molecule has 0 amide bonds. The van der Waals surface area contributed by atoms with Gasteiger partial charge in [0.05, 0.1) is 50.8 Å². The predicted molar refractivity (Wildman–Crippen MR) is 395 cm³/mol. The van der Waals surface area contributed by atoms with Crippen LogP contribution >= 0.6 is 11.8 Å². The van der Waals surface area contributed by atoms with Crippen LogP contribution in [-0.4, -0.2) is 120 Å². The maximum atomic E-state index is 12.8. The van der Waals surface area contributed by atoms with E-state index in [1.807, 2.05) is 72.4 Å². The van der Waals surface area contributed by atoms with Crippen molar-refractivity contribution in [2.45, 2.75) is 220 Å². The van der Waals surface area contributed by atoms with Gasteiger partial charge >= 0.3 is 194 Å². The molecule has 2 heterocycles. The molecule has 20 heteroatoms. The fourth-order valence-corrected chi connectivity index (χ4v) is 19.7. The molecule has 10 fully saturated rings. The fourth-order valence-electron chi connectivity index (χ4n) is 15.0. The van der Waals surface area contributed by atoms with Gasteiger partial charge in [0.25, 0.3) is 0 Å². The summed E-state index contributed by atoms with van der Waals surface area (Å²) in [5.74, 6) is -3.11. The van der Waals surface area contributed by atoms with Crippen molar-refractivity contribution in [2.24, 2.45) is 34.5 Å². The van der Waals surface area contributed by atoms with E-state index >= 15 is 0 Å². The average molecular weight is 1640 g/mol. The van der Waals surface area contributed by atoms with E-state index in [4.69, 9.17) is 38.1 Å². The Hall–Kier alpha value is -4.69. The molecule has 0 spiro atoms. The van der Waals surface area contributed by atoms with E-state index in [1.54, 1.807) is 0 Å². The Kier molecular flexibility index (Phi) is 41.7. The van der Waals surface area contributed by atoms with Gasteiger partial charge in [-0.1, -0.05) is 55.2 Å². The minimum Gasteiger partial charge on any atom is -0.461 e. The van der Waals surface area contributed by atoms with Gasteiger partial charge in [0, 0.05) is 47.1 Å². The summed E-state index contributed by atoms with van der Waals surface area (Å²) >= 11 is 1.90. The summed E-state index contributed by atoms with van der Waals surface area (Å²) in [4.78, 5) is 56.4. The molecule has 4 unspecified atom stereocenters. The summed E-state index contributed by atoms with van der Waals surface area (Å²) in [6.45, 7) is 25.4. The fraction of sp³-hybridized carbons (Fsp3) is 0.590. The number of halogens is 5. The van der Waals surface area contributed by atoms with E-state index in [-0.39, 0.29) is 113 Å². The van der Waals surface area contributed by atoms with E-state index in [1.165, 1.54) is 51.7 Å². The Bertz CT molecular complexity index is 2970. The molecule has 5 aromatic rings. The standard InChI is InChI=1S/C20H26I.2C14H20F2O3.C14H21OS.2C6H5.C4H8OS.2CO2.3CH4.Cu/c1-19(2,3)15-7-11-17(12-8-15)21-18-13-9-16(10-14-18)20(4,5)6;2*1-12(15,16)11(17)19-8-13-3-9-2-10(4-13)6-14(18,5-9)7-13;1-14(2,3)12-4-6-13(7-5-12)16-10-8-15-9-11-16;2*1-2-4-6-5-3-1;1-3-6-4-2-5-1;2*2-1-3;;;;/h7-14H,1-6H3;2*9-10,18H,2-8H2,1H3;4-7H,8-11H2,1-3H3;2*1-5H;1-4H2;;;3*1H4;/q-1;;;+1;2*-1;;;;;;;+2. The number of alkyl halides is 4. The van der Waals surface area contributed by atoms with Crippen molar-refractivity contribution >= 4 is 46.9 Å². The average Bonchev–Trinajstić information content (AvgIpc) is 0.738. The summed E-state index contributed by atoms with van der Waals surface area (Å²) in [6.07, 6.45) is 10.8. The largest absolute Gasteiger partial charge is 2.00 e. The molecule has 8 saturated carbocycles. The Balaban J connectivity index is 0.000000612. The molecular weight excluding hydrogens is 1520 g/mol. The van der Waals surface area contributed by atoms with Gasteiger partial charge in [-0.15, -0.1) is 0 Å². The summed E-state index contributed by atoms with van der Waals surface area (Å²) in [6, 6.07) is 52.6. The summed E-state index contributed by atoms with van der Waals surface area (Å²) < 4.78 is 74.4. The predicted octanol–water partition coefficient (Wildman–Crippen LogP) is 14.9. The second-order valence-electron chi connectivity index (χ2n) is 30.7. The first-order valence-electron chi connectivity index (χ1n) is 34.2. The molecule has 8 aliphatic carbocycles. The van der Waals surface area contributed by atoms with Crippen molar-refractivity contribution in [3.8, 4) is 0 Å². The summed E-state index contributed by atoms with van der Waals surface area (Å²) in [5.41, 5.74) is 3.17. The van der Waals surface area contributed by atoms with Gasteiger partial charge in [0.15, 0.2) is 4.90 Å². The number of thioether (sulfide) groups is 1. The van der Waals surface area contributed by atoms with Crippen LogP contribution in [0.5, 0.6) is 0 Å². The minimum absolute atomic E-state index is 0. The molecule has 5 aromatic carbocycles. The van der Waals surface area contributed by atoms with E-state index in [2.05, 4.69) is 147 Å². The first kappa shape index (κ1) is 96.3. The topological polar surface area (TPSA) is 180 Å². The monoisotopic (exact) mass is 1640 g/mol. The smallest absolute Gasteiger partial charge is 0.461 e. The second kappa shape index (κ2) is 44.6. The van der Waals surface area contributed by atoms with Gasteiger partial charge in [-0.3, -0.25) is 0 Å². The van der Waals surface area contributed by atoms with Crippen LogP contribution in [0.1, 0.15) is 192 Å². The van der Waals surface area contributed by atoms with Gasteiger partial charge in [-0.2, -0.15) is 121 Å². The van der Waals surface area contributed by atoms with Crippen LogP contribution in [0.2, 0.25) is 0 Å². The van der Waals surface area contributed by atoms with E-state index in [0.29, 0.717) is 61.3 Å². The van der Waals surface area contributed by atoms with Crippen LogP contribution in [0.15, 0.2) is 138 Å². The molecule has 2 aliphatic heterocycles. The molecule has 1 radical (unpaired) electrons. The Morgan fingerprint density at radius 3 is 1.02 bits per heavy atom.